The lowest BCUT2D eigenvalue weighted by Gasteiger charge is -2.21. The predicted octanol–water partition coefficient (Wildman–Crippen LogP) is 9.34. The fourth-order valence-corrected chi connectivity index (χ4v) is 5.41. The van der Waals surface area contributed by atoms with E-state index >= 15 is 0 Å². The van der Waals surface area contributed by atoms with Gasteiger partial charge in [0, 0.05) is 6.42 Å². The summed E-state index contributed by atoms with van der Waals surface area (Å²) in [5.41, 5.74) is 0. The second kappa shape index (κ2) is 30.1. The number of allylic oxidation sites excluding steroid dienone is 9. The molecule has 0 heterocycles. The average molecular weight is 622 g/mol. The Labute approximate surface area is 264 Å². The van der Waals surface area contributed by atoms with Crippen LogP contribution in [0, 0.1) is 0 Å². The molecule has 0 aliphatic rings. The molecule has 2 unspecified atom stereocenters. The average Bonchev–Trinajstić information content (AvgIpc) is 2.96. The molecule has 0 radical (unpaired) electrons. The maximum atomic E-state index is 12.4. The molecule has 0 bridgehead atoms. The highest BCUT2D eigenvalue weighted by Gasteiger charge is 2.24. The summed E-state index contributed by atoms with van der Waals surface area (Å²) in [4.78, 5) is 12.4. The number of aliphatic hydroxyl groups excluding tert-OH is 1. The lowest BCUT2D eigenvalue weighted by Crippen LogP contribution is -2.46. The first-order chi connectivity index (χ1) is 20.8. The van der Waals surface area contributed by atoms with E-state index in [1.165, 1.54) is 38.2 Å². The van der Waals surface area contributed by atoms with Crippen LogP contribution >= 0.6 is 0 Å². The van der Waals surface area contributed by atoms with Crippen LogP contribution in [0.4, 0.5) is 0 Å². The van der Waals surface area contributed by atoms with Gasteiger partial charge >= 0.3 is 0 Å². The molecule has 0 saturated carbocycles. The van der Waals surface area contributed by atoms with Crippen molar-refractivity contribution in [2.75, 3.05) is 5.75 Å². The van der Waals surface area contributed by atoms with Crippen LogP contribution in [0.1, 0.15) is 142 Å². The highest BCUT2D eigenvalue weighted by molar-refractivity contribution is 7.85. The van der Waals surface area contributed by atoms with Gasteiger partial charge in [0.2, 0.25) is 5.91 Å². The van der Waals surface area contributed by atoms with Gasteiger partial charge in [0.25, 0.3) is 10.1 Å². The third kappa shape index (κ3) is 31.3. The Balaban J connectivity index is 4.02. The van der Waals surface area contributed by atoms with Crippen LogP contribution in [0.2, 0.25) is 0 Å². The maximum absolute atomic E-state index is 12.4. The van der Waals surface area contributed by atoms with E-state index in [9.17, 15) is 22.9 Å². The largest absolute Gasteiger partial charge is 0.387 e. The van der Waals surface area contributed by atoms with Crippen molar-refractivity contribution in [3.63, 3.8) is 0 Å². The molecule has 0 spiro atoms. The summed E-state index contributed by atoms with van der Waals surface area (Å²) in [6.45, 7) is 4.34. The number of unbranched alkanes of at least 4 members (excludes halogenated alkanes) is 13. The van der Waals surface area contributed by atoms with Crippen molar-refractivity contribution < 1.29 is 22.9 Å². The number of carbonyl (C=O) groups is 1. The molecule has 0 aromatic heterocycles. The number of hydrogen-bond donors (Lipinski definition) is 3. The van der Waals surface area contributed by atoms with Crippen molar-refractivity contribution >= 4 is 16.0 Å². The molecule has 248 valence electrons. The number of rotatable bonds is 29. The van der Waals surface area contributed by atoms with Gasteiger partial charge in [-0.25, -0.2) is 0 Å². The van der Waals surface area contributed by atoms with Gasteiger partial charge in [-0.1, -0.05) is 139 Å². The summed E-state index contributed by atoms with van der Waals surface area (Å²) in [5.74, 6) is -1.01. The zero-order valence-corrected chi connectivity index (χ0v) is 28.1. The second-order valence-corrected chi connectivity index (χ2v) is 12.9. The van der Waals surface area contributed by atoms with E-state index < -0.39 is 28.0 Å². The summed E-state index contributed by atoms with van der Waals surface area (Å²) < 4.78 is 32.2. The smallest absolute Gasteiger partial charge is 0.267 e. The van der Waals surface area contributed by atoms with Crippen molar-refractivity contribution in [1.82, 2.24) is 5.32 Å². The Hall–Kier alpha value is -1.96. The predicted molar refractivity (Wildman–Crippen MR) is 184 cm³/mol. The van der Waals surface area contributed by atoms with Gasteiger partial charge in [-0.3, -0.25) is 9.35 Å². The van der Waals surface area contributed by atoms with Crippen LogP contribution in [0.5, 0.6) is 0 Å². The van der Waals surface area contributed by atoms with Crippen molar-refractivity contribution in [1.29, 1.82) is 0 Å². The summed E-state index contributed by atoms with van der Waals surface area (Å²) in [5, 5.41) is 13.1. The first-order valence-corrected chi connectivity index (χ1v) is 18.6. The van der Waals surface area contributed by atoms with Gasteiger partial charge in [-0.05, 0) is 57.8 Å². The minimum absolute atomic E-state index is 0.276. The standard InChI is InChI=1S/C36H63NO5S/c1-3-5-7-9-11-13-14-15-16-17-18-19-20-21-22-24-26-28-30-32-36(39)37-34(33-43(40,41)42)35(38)31-29-27-25-23-12-10-8-6-4-2/h5,7,11,13,15-16,18-19,29,31,34-35,38H,3-4,6,8-10,12,14,17,20-28,30,32-33H2,1-2H3,(H,37,39)(H,40,41,42)/b7-5-,13-11-,16-15-,19-18-,31-29+. The highest BCUT2D eigenvalue weighted by atomic mass is 32.2. The maximum Gasteiger partial charge on any atom is 0.267 e. The Morgan fingerprint density at radius 2 is 1.12 bits per heavy atom. The van der Waals surface area contributed by atoms with E-state index in [-0.39, 0.29) is 12.3 Å². The molecule has 0 fully saturated rings. The third-order valence-corrected chi connectivity index (χ3v) is 7.98. The van der Waals surface area contributed by atoms with E-state index in [0.717, 1.165) is 83.5 Å². The number of amides is 1. The molecule has 2 atom stereocenters. The fraction of sp³-hybridized carbons (Fsp3) is 0.694. The highest BCUT2D eigenvalue weighted by Crippen LogP contribution is 2.11. The third-order valence-electron chi connectivity index (χ3n) is 7.20. The van der Waals surface area contributed by atoms with E-state index in [1.807, 2.05) is 6.08 Å². The molecule has 7 heteroatoms. The monoisotopic (exact) mass is 621 g/mol. The van der Waals surface area contributed by atoms with Gasteiger partial charge in [0.05, 0.1) is 17.9 Å². The zero-order chi connectivity index (χ0) is 31.9. The van der Waals surface area contributed by atoms with Gasteiger partial charge < -0.3 is 10.4 Å². The lowest BCUT2D eigenvalue weighted by atomic mass is 10.1. The quantitative estimate of drug-likeness (QED) is 0.0439. The van der Waals surface area contributed by atoms with Crippen LogP contribution in [0.15, 0.2) is 60.8 Å². The molecule has 0 aliphatic carbocycles. The van der Waals surface area contributed by atoms with Gasteiger partial charge in [0.1, 0.15) is 0 Å². The summed E-state index contributed by atoms with van der Waals surface area (Å²) in [6, 6.07) is -1.06. The molecular formula is C36H63NO5S. The minimum Gasteiger partial charge on any atom is -0.387 e. The number of nitrogens with one attached hydrogen (secondary N) is 1. The van der Waals surface area contributed by atoms with Crippen LogP contribution in [-0.2, 0) is 14.9 Å². The molecule has 0 aromatic carbocycles. The SMILES string of the molecule is CC/C=C\C/C=C\C/C=C\C/C=C\CCCCCCCCC(=O)NC(CS(=O)(=O)O)C(O)/C=C/CCCCCCCCC. The molecule has 0 rings (SSSR count). The zero-order valence-electron chi connectivity index (χ0n) is 27.3. The Morgan fingerprint density at radius 3 is 1.65 bits per heavy atom. The summed E-state index contributed by atoms with van der Waals surface area (Å²) in [7, 11) is -4.34. The lowest BCUT2D eigenvalue weighted by molar-refractivity contribution is -0.122. The van der Waals surface area contributed by atoms with E-state index in [4.69, 9.17) is 0 Å². The van der Waals surface area contributed by atoms with Crippen LogP contribution < -0.4 is 5.32 Å². The van der Waals surface area contributed by atoms with Crippen LogP contribution in [0.25, 0.3) is 0 Å². The minimum atomic E-state index is -4.34. The van der Waals surface area contributed by atoms with Crippen LogP contribution in [-0.4, -0.2) is 41.9 Å². The Morgan fingerprint density at radius 1 is 0.651 bits per heavy atom. The van der Waals surface area contributed by atoms with E-state index in [1.54, 1.807) is 0 Å². The van der Waals surface area contributed by atoms with Crippen LogP contribution in [0.3, 0.4) is 0 Å². The number of hydrogen-bond acceptors (Lipinski definition) is 4. The molecule has 6 nitrogen and oxygen atoms in total. The number of carbonyl (C=O) groups excluding carboxylic acids is 1. The first kappa shape index (κ1) is 41.0. The molecule has 1 amide bonds. The van der Waals surface area contributed by atoms with Gasteiger partial charge in [0.15, 0.2) is 0 Å². The molecular weight excluding hydrogens is 558 g/mol. The normalized spacial score (nSPS) is 14.2. The topological polar surface area (TPSA) is 104 Å². The van der Waals surface area contributed by atoms with E-state index in [2.05, 4.69) is 67.8 Å². The van der Waals surface area contributed by atoms with Gasteiger partial charge in [-0.2, -0.15) is 8.42 Å². The summed E-state index contributed by atoms with van der Waals surface area (Å²) >= 11 is 0. The molecule has 0 saturated heterocycles. The Bertz CT molecular complexity index is 905. The summed E-state index contributed by atoms with van der Waals surface area (Å²) in [6.07, 6.45) is 40.6. The number of aliphatic hydroxyl groups is 1. The van der Waals surface area contributed by atoms with Crippen molar-refractivity contribution in [2.45, 2.75) is 154 Å². The fourth-order valence-electron chi connectivity index (χ4n) is 4.67. The molecule has 0 aromatic rings. The second-order valence-electron chi connectivity index (χ2n) is 11.4. The first-order valence-electron chi connectivity index (χ1n) is 17.0. The van der Waals surface area contributed by atoms with Gasteiger partial charge in [-0.15, -0.1) is 0 Å². The molecule has 3 N–H and O–H groups in total. The Kier molecular flexibility index (Phi) is 28.7. The van der Waals surface area contributed by atoms with E-state index in [0.29, 0.717) is 6.42 Å². The van der Waals surface area contributed by atoms with Crippen molar-refractivity contribution in [3.8, 4) is 0 Å². The van der Waals surface area contributed by atoms with Crippen molar-refractivity contribution in [3.05, 3.63) is 60.8 Å². The molecule has 0 aliphatic heterocycles. The molecule has 43 heavy (non-hydrogen) atoms. The van der Waals surface area contributed by atoms with Crippen molar-refractivity contribution in [2.24, 2.45) is 0 Å².